The number of hydrogen-bond acceptors (Lipinski definition) is 6. The van der Waals surface area contributed by atoms with Crippen LogP contribution in [0.25, 0.3) is 0 Å². The Bertz CT molecular complexity index is 1150. The molecule has 2 atom stereocenters. The number of nitrogens with one attached hydrogen (secondary N) is 1. The second kappa shape index (κ2) is 8.78. The Kier molecular flexibility index (Phi) is 5.90. The molecule has 7 heteroatoms. The summed E-state index contributed by atoms with van der Waals surface area (Å²) in [5.41, 5.74) is 3.18. The van der Waals surface area contributed by atoms with E-state index in [1.807, 2.05) is 30.3 Å². The molecule has 2 aliphatic rings. The maximum Gasteiger partial charge on any atom is 0.336 e. The molecular weight excluding hydrogens is 408 g/mol. The molecule has 0 spiro atoms. The maximum atomic E-state index is 13.5. The molecule has 1 aliphatic carbocycles. The molecule has 1 heterocycles. The monoisotopic (exact) mass is 432 g/mol. The van der Waals surface area contributed by atoms with E-state index in [1.165, 1.54) is 6.07 Å². The van der Waals surface area contributed by atoms with Crippen LogP contribution in [-0.2, 0) is 14.3 Å². The Hall–Kier alpha value is -3.74. The van der Waals surface area contributed by atoms with E-state index in [-0.39, 0.29) is 36.0 Å². The number of carbonyl (C=O) groups is 2. The van der Waals surface area contributed by atoms with Gasteiger partial charge in [0.2, 0.25) is 0 Å². The number of nitro benzene ring substituents is 1. The van der Waals surface area contributed by atoms with Gasteiger partial charge in [-0.2, -0.15) is 0 Å². The molecule has 0 unspecified atom stereocenters. The Morgan fingerprint density at radius 1 is 1.12 bits per heavy atom. The lowest BCUT2D eigenvalue weighted by molar-refractivity contribution is -0.385. The molecule has 0 aromatic heterocycles. The molecule has 0 saturated carbocycles. The van der Waals surface area contributed by atoms with Gasteiger partial charge in [0.15, 0.2) is 5.78 Å². The lowest BCUT2D eigenvalue weighted by atomic mass is 9.71. The van der Waals surface area contributed by atoms with Gasteiger partial charge in [-0.3, -0.25) is 14.9 Å². The van der Waals surface area contributed by atoms with Crippen LogP contribution in [0.5, 0.6) is 0 Å². The summed E-state index contributed by atoms with van der Waals surface area (Å²) < 4.78 is 5.27. The van der Waals surface area contributed by atoms with Gasteiger partial charge < -0.3 is 10.1 Å². The second-order valence-electron chi connectivity index (χ2n) is 7.96. The average molecular weight is 432 g/mol. The van der Waals surface area contributed by atoms with E-state index in [0.29, 0.717) is 29.0 Å². The summed E-state index contributed by atoms with van der Waals surface area (Å²) >= 11 is 0. The molecule has 164 valence electrons. The summed E-state index contributed by atoms with van der Waals surface area (Å²) in [5, 5.41) is 15.0. The summed E-state index contributed by atoms with van der Waals surface area (Å²) in [4.78, 5) is 37.7. The molecule has 0 bridgehead atoms. The molecule has 0 fully saturated rings. The number of allylic oxidation sites excluding steroid dienone is 3. The molecule has 2 aromatic carbocycles. The van der Waals surface area contributed by atoms with E-state index >= 15 is 0 Å². The topological polar surface area (TPSA) is 98.5 Å². The Labute approximate surface area is 185 Å². The second-order valence-corrected chi connectivity index (χ2v) is 7.96. The van der Waals surface area contributed by atoms with E-state index in [4.69, 9.17) is 4.74 Å². The molecule has 4 rings (SSSR count). The van der Waals surface area contributed by atoms with Crippen molar-refractivity contribution in [3.05, 3.63) is 98.4 Å². The van der Waals surface area contributed by atoms with Crippen molar-refractivity contribution < 1.29 is 19.2 Å². The smallest absolute Gasteiger partial charge is 0.336 e. The number of para-hydroxylation sites is 1. The number of benzene rings is 2. The van der Waals surface area contributed by atoms with Crippen LogP contribution in [-0.4, -0.2) is 23.3 Å². The molecule has 1 aliphatic heterocycles. The molecule has 0 radical (unpaired) electrons. The summed E-state index contributed by atoms with van der Waals surface area (Å²) in [7, 11) is 0. The molecule has 0 amide bonds. The van der Waals surface area contributed by atoms with E-state index in [2.05, 4.69) is 5.32 Å². The highest BCUT2D eigenvalue weighted by Crippen LogP contribution is 2.47. The first-order valence-corrected chi connectivity index (χ1v) is 10.6. The van der Waals surface area contributed by atoms with Gasteiger partial charge in [-0.15, -0.1) is 0 Å². The summed E-state index contributed by atoms with van der Waals surface area (Å²) in [6.45, 7) is 3.61. The molecule has 1 N–H and O–H groups in total. The van der Waals surface area contributed by atoms with Gasteiger partial charge in [-0.1, -0.05) is 48.5 Å². The Morgan fingerprint density at radius 3 is 2.50 bits per heavy atom. The molecule has 32 heavy (non-hydrogen) atoms. The van der Waals surface area contributed by atoms with Crippen LogP contribution in [0.2, 0.25) is 0 Å². The normalized spacial score (nSPS) is 20.5. The number of dihydropyridines is 1. The largest absolute Gasteiger partial charge is 0.463 e. The minimum absolute atomic E-state index is 0.00157. The van der Waals surface area contributed by atoms with Gasteiger partial charge in [0.05, 0.1) is 23.0 Å². The van der Waals surface area contributed by atoms with Gasteiger partial charge >= 0.3 is 5.97 Å². The van der Waals surface area contributed by atoms with Crippen LogP contribution < -0.4 is 5.32 Å². The first-order valence-electron chi connectivity index (χ1n) is 10.6. The van der Waals surface area contributed by atoms with E-state index in [0.717, 1.165) is 5.56 Å². The summed E-state index contributed by atoms with van der Waals surface area (Å²) in [6, 6.07) is 16.1. The highest BCUT2D eigenvalue weighted by molar-refractivity contribution is 6.04. The highest BCUT2D eigenvalue weighted by Gasteiger charge is 2.43. The van der Waals surface area contributed by atoms with Crippen LogP contribution in [0.4, 0.5) is 5.69 Å². The summed E-state index contributed by atoms with van der Waals surface area (Å²) in [6.07, 6.45) is 0.854. The number of nitro groups is 1. The lowest BCUT2D eigenvalue weighted by Crippen LogP contribution is -2.36. The third kappa shape index (κ3) is 3.82. The van der Waals surface area contributed by atoms with Crippen molar-refractivity contribution >= 4 is 17.4 Å². The fraction of sp³-hybridized carbons (Fsp3) is 0.280. The number of ether oxygens (including phenoxy) is 1. The van der Waals surface area contributed by atoms with Gasteiger partial charge in [0.25, 0.3) is 5.69 Å². The van der Waals surface area contributed by atoms with Crippen molar-refractivity contribution in [2.24, 2.45) is 0 Å². The number of rotatable bonds is 5. The molecular formula is C25H24N2O5. The van der Waals surface area contributed by atoms with Crippen LogP contribution in [0.1, 0.15) is 49.7 Å². The lowest BCUT2D eigenvalue weighted by Gasteiger charge is -2.36. The fourth-order valence-electron chi connectivity index (χ4n) is 4.69. The van der Waals surface area contributed by atoms with Crippen LogP contribution in [0.3, 0.4) is 0 Å². The number of carbonyl (C=O) groups excluding carboxylic acids is 2. The summed E-state index contributed by atoms with van der Waals surface area (Å²) in [5.74, 6) is -1.55. The molecule has 0 saturated heterocycles. The van der Waals surface area contributed by atoms with Crippen LogP contribution >= 0.6 is 0 Å². The van der Waals surface area contributed by atoms with E-state index < -0.39 is 16.8 Å². The average Bonchev–Trinajstić information content (AvgIpc) is 2.78. The Morgan fingerprint density at radius 2 is 1.81 bits per heavy atom. The zero-order valence-corrected chi connectivity index (χ0v) is 18.0. The van der Waals surface area contributed by atoms with E-state index in [9.17, 15) is 19.7 Å². The zero-order chi connectivity index (χ0) is 22.8. The first kappa shape index (κ1) is 21.5. The quantitative estimate of drug-likeness (QED) is 0.424. The highest BCUT2D eigenvalue weighted by atomic mass is 16.6. The van der Waals surface area contributed by atoms with Crippen molar-refractivity contribution in [2.45, 2.75) is 38.5 Å². The van der Waals surface area contributed by atoms with Crippen molar-refractivity contribution in [2.75, 3.05) is 6.61 Å². The van der Waals surface area contributed by atoms with Crippen LogP contribution in [0.15, 0.2) is 77.1 Å². The molecule has 2 aromatic rings. The van der Waals surface area contributed by atoms with Gasteiger partial charge in [0.1, 0.15) is 0 Å². The maximum absolute atomic E-state index is 13.5. The van der Waals surface area contributed by atoms with Crippen molar-refractivity contribution in [1.82, 2.24) is 5.32 Å². The Balaban J connectivity index is 1.87. The predicted octanol–water partition coefficient (Wildman–Crippen LogP) is 4.52. The number of hydrogen-bond donors (Lipinski definition) is 1. The van der Waals surface area contributed by atoms with E-state index in [1.54, 1.807) is 32.0 Å². The standard InChI is InChI=1S/C25H24N2O5/c1-3-32-25(29)22-15(2)26-19-13-17(16-9-5-4-6-10-16)14-21(28)24(19)23(22)18-11-7-8-12-20(18)27(30)31/h4-12,17,23,26H,3,13-14H2,1-2H3/t17-,23-/m1/s1. The van der Waals surface area contributed by atoms with Crippen molar-refractivity contribution in [3.63, 3.8) is 0 Å². The zero-order valence-electron chi connectivity index (χ0n) is 18.0. The number of nitrogens with zero attached hydrogens (tertiary/aromatic N) is 1. The van der Waals surface area contributed by atoms with Crippen LogP contribution in [0, 0.1) is 10.1 Å². The number of Topliss-reactive ketones (excluding diaryl/α,β-unsaturated/α-hetero) is 1. The minimum Gasteiger partial charge on any atom is -0.463 e. The predicted molar refractivity (Wildman–Crippen MR) is 119 cm³/mol. The molecule has 7 nitrogen and oxygen atoms in total. The third-order valence-electron chi connectivity index (χ3n) is 6.04. The van der Waals surface area contributed by atoms with Gasteiger partial charge in [-0.05, 0) is 31.7 Å². The SMILES string of the molecule is CCOC(=O)C1=C(C)NC2=C(C(=O)C[C@H](c3ccccc3)C2)[C@@H]1c1ccccc1[N+](=O)[O-]. The third-order valence-corrected chi connectivity index (χ3v) is 6.04. The fourth-order valence-corrected chi connectivity index (χ4v) is 4.69. The number of esters is 1. The minimum atomic E-state index is -0.851. The first-order chi connectivity index (χ1) is 15.4. The van der Waals surface area contributed by atoms with Crippen molar-refractivity contribution in [1.29, 1.82) is 0 Å². The van der Waals surface area contributed by atoms with Crippen molar-refractivity contribution in [3.8, 4) is 0 Å². The van der Waals surface area contributed by atoms with Gasteiger partial charge in [-0.25, -0.2) is 4.79 Å². The van der Waals surface area contributed by atoms with Gasteiger partial charge in [0, 0.05) is 35.0 Å². The number of ketones is 1.